The molecule has 3 aromatic rings. The molecular weight excluding hydrogens is 336 g/mol. The molecule has 0 atom stereocenters. The van der Waals surface area contributed by atoms with Gasteiger partial charge in [-0.3, -0.25) is 0 Å². The summed E-state index contributed by atoms with van der Waals surface area (Å²) in [6.07, 6.45) is 1.59. The Hall–Kier alpha value is -2.80. The number of benzene rings is 2. The molecule has 0 radical (unpaired) electrons. The van der Waals surface area contributed by atoms with Crippen LogP contribution in [-0.2, 0) is 10.0 Å². The van der Waals surface area contributed by atoms with Crippen molar-refractivity contribution in [2.45, 2.75) is 24.8 Å². The lowest BCUT2D eigenvalue weighted by Crippen LogP contribution is -2.38. The third-order valence-corrected chi connectivity index (χ3v) is 5.75. The van der Waals surface area contributed by atoms with Crippen molar-refractivity contribution in [1.29, 1.82) is 0 Å². The van der Waals surface area contributed by atoms with Crippen LogP contribution in [0.1, 0.15) is 13.8 Å². The first-order valence-electron chi connectivity index (χ1n) is 7.90. The fourth-order valence-electron chi connectivity index (χ4n) is 2.65. The van der Waals surface area contributed by atoms with E-state index in [4.69, 9.17) is 5.73 Å². The number of hydrogen-bond acceptors (Lipinski definition) is 4. The summed E-state index contributed by atoms with van der Waals surface area (Å²) in [5.41, 5.74) is 6.99. The largest absolute Gasteiger partial charge is 0.399 e. The second-order valence-corrected chi connectivity index (χ2v) is 7.72. The van der Waals surface area contributed by atoms with Crippen molar-refractivity contribution in [1.82, 2.24) is 9.78 Å². The minimum Gasteiger partial charge on any atom is -0.399 e. The average molecular weight is 356 g/mol. The molecule has 0 aliphatic carbocycles. The van der Waals surface area contributed by atoms with E-state index >= 15 is 0 Å². The summed E-state index contributed by atoms with van der Waals surface area (Å²) in [6.45, 7) is 3.66. The number of nitrogen functional groups attached to an aromatic ring is 1. The van der Waals surface area contributed by atoms with Crippen LogP contribution >= 0.6 is 0 Å². The maximum absolute atomic E-state index is 13.2. The zero-order valence-corrected chi connectivity index (χ0v) is 14.9. The predicted molar refractivity (Wildman–Crippen MR) is 99.2 cm³/mol. The number of anilines is 2. The van der Waals surface area contributed by atoms with E-state index < -0.39 is 10.0 Å². The highest BCUT2D eigenvalue weighted by atomic mass is 32.2. The molecule has 0 spiro atoms. The van der Waals surface area contributed by atoms with Crippen LogP contribution in [-0.4, -0.2) is 24.2 Å². The molecule has 0 unspecified atom stereocenters. The summed E-state index contributed by atoms with van der Waals surface area (Å²) < 4.78 is 29.4. The molecule has 0 aliphatic rings. The minimum atomic E-state index is -3.75. The molecule has 0 saturated carbocycles. The first-order chi connectivity index (χ1) is 11.9. The molecule has 0 saturated heterocycles. The van der Waals surface area contributed by atoms with Gasteiger partial charge >= 0.3 is 0 Å². The molecule has 0 bridgehead atoms. The van der Waals surface area contributed by atoms with Crippen LogP contribution in [0.3, 0.4) is 0 Å². The topological polar surface area (TPSA) is 81.2 Å². The van der Waals surface area contributed by atoms with Gasteiger partial charge in [-0.05, 0) is 50.2 Å². The molecule has 2 aromatic carbocycles. The van der Waals surface area contributed by atoms with Crippen molar-refractivity contribution in [3.63, 3.8) is 0 Å². The van der Waals surface area contributed by atoms with Gasteiger partial charge in [0, 0.05) is 17.8 Å². The highest BCUT2D eigenvalue weighted by molar-refractivity contribution is 7.92. The first kappa shape index (κ1) is 17.0. The lowest BCUT2D eigenvalue weighted by molar-refractivity contribution is 0.582. The van der Waals surface area contributed by atoms with E-state index in [1.807, 2.05) is 44.2 Å². The highest BCUT2D eigenvalue weighted by Crippen LogP contribution is 2.28. The van der Waals surface area contributed by atoms with Gasteiger partial charge < -0.3 is 5.73 Å². The molecule has 2 N–H and O–H groups in total. The van der Waals surface area contributed by atoms with E-state index in [1.54, 1.807) is 29.1 Å². The Bertz CT molecular complexity index is 948. The highest BCUT2D eigenvalue weighted by Gasteiger charge is 2.30. The molecule has 1 heterocycles. The Morgan fingerprint density at radius 3 is 2.24 bits per heavy atom. The third kappa shape index (κ3) is 3.23. The maximum Gasteiger partial charge on any atom is 0.265 e. The molecule has 0 amide bonds. The van der Waals surface area contributed by atoms with E-state index in [0.29, 0.717) is 11.5 Å². The van der Waals surface area contributed by atoms with Crippen LogP contribution in [0.2, 0.25) is 0 Å². The number of nitrogens with two attached hydrogens (primary N) is 1. The van der Waals surface area contributed by atoms with Crippen molar-refractivity contribution in [3.05, 3.63) is 66.9 Å². The number of hydrogen-bond donors (Lipinski definition) is 1. The van der Waals surface area contributed by atoms with Crippen LogP contribution in [0.4, 0.5) is 11.5 Å². The van der Waals surface area contributed by atoms with Gasteiger partial charge in [0.2, 0.25) is 0 Å². The Labute approximate surface area is 147 Å². The first-order valence-corrected chi connectivity index (χ1v) is 9.34. The molecule has 7 heteroatoms. The predicted octanol–water partition coefficient (Wildman–Crippen LogP) is 3.06. The summed E-state index contributed by atoms with van der Waals surface area (Å²) in [6, 6.07) is 17.0. The summed E-state index contributed by atoms with van der Waals surface area (Å²) in [5.74, 6) is 0.484. The number of sulfonamides is 1. The van der Waals surface area contributed by atoms with E-state index in [0.717, 1.165) is 5.69 Å². The van der Waals surface area contributed by atoms with Crippen LogP contribution in [0.15, 0.2) is 71.8 Å². The van der Waals surface area contributed by atoms with Crippen molar-refractivity contribution in [2.75, 3.05) is 10.0 Å². The average Bonchev–Trinajstić information content (AvgIpc) is 3.04. The summed E-state index contributed by atoms with van der Waals surface area (Å²) in [7, 11) is -3.75. The van der Waals surface area contributed by atoms with Gasteiger partial charge in [-0.2, -0.15) is 5.10 Å². The van der Waals surface area contributed by atoms with Crippen molar-refractivity contribution in [3.8, 4) is 5.69 Å². The third-order valence-electron chi connectivity index (χ3n) is 3.76. The van der Waals surface area contributed by atoms with E-state index in [9.17, 15) is 8.42 Å². The van der Waals surface area contributed by atoms with E-state index in [2.05, 4.69) is 5.10 Å². The Balaban J connectivity index is 2.12. The Kier molecular flexibility index (Phi) is 4.50. The normalized spacial score (nSPS) is 11.6. The molecule has 130 valence electrons. The summed E-state index contributed by atoms with van der Waals surface area (Å²) in [5, 5.41) is 4.30. The van der Waals surface area contributed by atoms with Gasteiger partial charge in [0.05, 0.1) is 16.8 Å². The molecule has 25 heavy (non-hydrogen) atoms. The van der Waals surface area contributed by atoms with Crippen molar-refractivity contribution in [2.24, 2.45) is 0 Å². The number of para-hydroxylation sites is 1. The second-order valence-electron chi connectivity index (χ2n) is 5.90. The zero-order valence-electron chi connectivity index (χ0n) is 14.1. The standard InChI is InChI=1S/C18H20N4O2S/c1-14(2)22(25(23,24)17-10-8-15(19)9-11-17)18-12-13-20-21(18)16-6-4-3-5-7-16/h3-14H,19H2,1-2H3. The molecule has 1 aromatic heterocycles. The quantitative estimate of drug-likeness (QED) is 0.713. The van der Waals surface area contributed by atoms with E-state index in [-0.39, 0.29) is 10.9 Å². The Morgan fingerprint density at radius 1 is 1.00 bits per heavy atom. The van der Waals surface area contributed by atoms with Gasteiger partial charge in [-0.15, -0.1) is 0 Å². The molecule has 6 nitrogen and oxygen atoms in total. The molecular formula is C18H20N4O2S. The monoisotopic (exact) mass is 356 g/mol. The van der Waals surface area contributed by atoms with Gasteiger partial charge in [-0.1, -0.05) is 18.2 Å². The minimum absolute atomic E-state index is 0.191. The SMILES string of the molecule is CC(C)N(c1ccnn1-c1ccccc1)S(=O)(=O)c1ccc(N)cc1. The second kappa shape index (κ2) is 6.60. The van der Waals surface area contributed by atoms with Crippen molar-refractivity contribution < 1.29 is 8.42 Å². The van der Waals surface area contributed by atoms with Crippen LogP contribution < -0.4 is 10.0 Å². The smallest absolute Gasteiger partial charge is 0.265 e. The summed E-state index contributed by atoms with van der Waals surface area (Å²) in [4.78, 5) is 0.191. The van der Waals surface area contributed by atoms with Crippen molar-refractivity contribution >= 4 is 21.5 Å². The van der Waals surface area contributed by atoms with Gasteiger partial charge in [0.15, 0.2) is 0 Å². The maximum atomic E-state index is 13.2. The van der Waals surface area contributed by atoms with E-state index in [1.165, 1.54) is 16.4 Å². The lowest BCUT2D eigenvalue weighted by Gasteiger charge is -2.28. The van der Waals surface area contributed by atoms with Crippen LogP contribution in [0.25, 0.3) is 5.69 Å². The number of aromatic nitrogens is 2. The molecule has 0 fully saturated rings. The van der Waals surface area contributed by atoms with Crippen LogP contribution in [0.5, 0.6) is 0 Å². The fraction of sp³-hybridized carbons (Fsp3) is 0.167. The summed E-state index contributed by atoms with van der Waals surface area (Å²) >= 11 is 0. The fourth-order valence-corrected chi connectivity index (χ4v) is 4.30. The Morgan fingerprint density at radius 2 is 1.64 bits per heavy atom. The number of rotatable bonds is 5. The van der Waals surface area contributed by atoms with Gasteiger partial charge in [-0.25, -0.2) is 17.4 Å². The number of nitrogens with zero attached hydrogens (tertiary/aromatic N) is 3. The van der Waals surface area contributed by atoms with Gasteiger partial charge in [0.1, 0.15) is 5.82 Å². The van der Waals surface area contributed by atoms with Crippen LogP contribution in [0, 0.1) is 0 Å². The molecule has 0 aliphatic heterocycles. The molecule has 3 rings (SSSR count). The lowest BCUT2D eigenvalue weighted by atomic mass is 10.3. The van der Waals surface area contributed by atoms with Gasteiger partial charge in [0.25, 0.3) is 10.0 Å². The zero-order chi connectivity index (χ0) is 18.0.